The summed E-state index contributed by atoms with van der Waals surface area (Å²) in [4.78, 5) is 4.20. The molecule has 0 saturated heterocycles. The molecular formula is C16H22N2O3S. The van der Waals surface area contributed by atoms with Crippen LogP contribution in [0.3, 0.4) is 0 Å². The molecule has 0 amide bonds. The minimum absolute atomic E-state index is 0.0190. The first-order valence-electron chi connectivity index (χ1n) is 7.19. The van der Waals surface area contributed by atoms with Gasteiger partial charge in [0.05, 0.1) is 18.8 Å². The summed E-state index contributed by atoms with van der Waals surface area (Å²) in [6.07, 6.45) is 2.18. The maximum Gasteiger partial charge on any atom is 0.167 e. The van der Waals surface area contributed by atoms with Crippen LogP contribution in [-0.4, -0.2) is 36.7 Å². The van der Waals surface area contributed by atoms with E-state index in [1.54, 1.807) is 30.5 Å². The fourth-order valence-corrected chi connectivity index (χ4v) is 3.16. The van der Waals surface area contributed by atoms with Crippen molar-refractivity contribution in [3.05, 3.63) is 47.8 Å². The van der Waals surface area contributed by atoms with Crippen molar-refractivity contribution in [2.75, 3.05) is 5.75 Å². The SMILES string of the molecule is C[C@@H]([C@H](O)CSc1nccn1C)[C@@H](O)c1ccc(CO)cc1. The van der Waals surface area contributed by atoms with Crippen LogP contribution in [0.4, 0.5) is 0 Å². The monoisotopic (exact) mass is 322 g/mol. The van der Waals surface area contributed by atoms with Crippen molar-refractivity contribution in [3.8, 4) is 0 Å². The minimum Gasteiger partial charge on any atom is -0.392 e. The molecule has 0 aliphatic heterocycles. The van der Waals surface area contributed by atoms with Crippen LogP contribution in [0.25, 0.3) is 0 Å². The molecule has 0 aliphatic rings. The number of benzene rings is 1. The predicted molar refractivity (Wildman–Crippen MR) is 86.4 cm³/mol. The van der Waals surface area contributed by atoms with Crippen molar-refractivity contribution >= 4 is 11.8 Å². The molecular weight excluding hydrogens is 300 g/mol. The zero-order chi connectivity index (χ0) is 16.1. The first kappa shape index (κ1) is 17.0. The highest BCUT2D eigenvalue weighted by Crippen LogP contribution is 2.27. The number of hydrogen-bond donors (Lipinski definition) is 3. The van der Waals surface area contributed by atoms with Crippen molar-refractivity contribution in [1.29, 1.82) is 0 Å². The Bertz CT molecular complexity index is 585. The fourth-order valence-electron chi connectivity index (χ4n) is 2.14. The third kappa shape index (κ3) is 4.10. The van der Waals surface area contributed by atoms with Crippen molar-refractivity contribution < 1.29 is 15.3 Å². The van der Waals surface area contributed by atoms with Crippen LogP contribution < -0.4 is 0 Å². The molecule has 0 spiro atoms. The van der Waals surface area contributed by atoms with Gasteiger partial charge in [0, 0.05) is 31.1 Å². The molecule has 0 fully saturated rings. The molecule has 3 atom stereocenters. The topological polar surface area (TPSA) is 78.5 Å². The van der Waals surface area contributed by atoms with Gasteiger partial charge in [-0.1, -0.05) is 43.0 Å². The first-order valence-corrected chi connectivity index (χ1v) is 8.17. The maximum absolute atomic E-state index is 10.4. The van der Waals surface area contributed by atoms with Gasteiger partial charge in [0.1, 0.15) is 0 Å². The van der Waals surface area contributed by atoms with Gasteiger partial charge in [-0.25, -0.2) is 4.98 Å². The summed E-state index contributed by atoms with van der Waals surface area (Å²) in [6, 6.07) is 7.12. The van der Waals surface area contributed by atoms with Crippen LogP contribution in [0.1, 0.15) is 24.2 Å². The Balaban J connectivity index is 1.93. The number of thioether (sulfide) groups is 1. The highest BCUT2D eigenvalue weighted by Gasteiger charge is 2.24. The van der Waals surface area contributed by atoms with Crippen molar-refractivity contribution in [2.45, 2.75) is 30.9 Å². The second-order valence-electron chi connectivity index (χ2n) is 5.40. The van der Waals surface area contributed by atoms with E-state index in [0.717, 1.165) is 16.3 Å². The molecule has 6 heteroatoms. The average molecular weight is 322 g/mol. The lowest BCUT2D eigenvalue weighted by molar-refractivity contribution is 0.0330. The van der Waals surface area contributed by atoms with Crippen molar-refractivity contribution in [1.82, 2.24) is 9.55 Å². The van der Waals surface area contributed by atoms with Gasteiger partial charge in [-0.05, 0) is 11.1 Å². The first-order chi connectivity index (χ1) is 10.5. The number of rotatable bonds is 7. The molecule has 3 N–H and O–H groups in total. The van der Waals surface area contributed by atoms with E-state index in [2.05, 4.69) is 4.98 Å². The zero-order valence-corrected chi connectivity index (χ0v) is 13.6. The van der Waals surface area contributed by atoms with Crippen LogP contribution in [0.15, 0.2) is 41.8 Å². The average Bonchev–Trinajstić information content (AvgIpc) is 2.96. The van der Waals surface area contributed by atoms with Gasteiger partial charge in [-0.3, -0.25) is 0 Å². The van der Waals surface area contributed by atoms with Gasteiger partial charge in [-0.15, -0.1) is 0 Å². The molecule has 1 aromatic heterocycles. The Labute approximate surface area is 134 Å². The van der Waals surface area contributed by atoms with Crippen LogP contribution >= 0.6 is 11.8 Å². The second kappa shape index (κ2) is 7.78. The summed E-state index contributed by atoms with van der Waals surface area (Å²) >= 11 is 1.47. The number of aromatic nitrogens is 2. The van der Waals surface area contributed by atoms with E-state index >= 15 is 0 Å². The van der Waals surface area contributed by atoms with Gasteiger partial charge in [0.25, 0.3) is 0 Å². The highest BCUT2D eigenvalue weighted by molar-refractivity contribution is 7.99. The quantitative estimate of drug-likeness (QED) is 0.677. The van der Waals surface area contributed by atoms with E-state index in [0.29, 0.717) is 5.75 Å². The molecule has 2 rings (SSSR count). The number of aryl methyl sites for hydroxylation is 1. The molecule has 0 radical (unpaired) electrons. The van der Waals surface area contributed by atoms with Gasteiger partial charge in [0.15, 0.2) is 5.16 Å². The summed E-state index contributed by atoms with van der Waals surface area (Å²) in [5.74, 6) is 0.172. The highest BCUT2D eigenvalue weighted by atomic mass is 32.2. The smallest absolute Gasteiger partial charge is 0.167 e. The van der Waals surface area contributed by atoms with E-state index in [-0.39, 0.29) is 12.5 Å². The number of aliphatic hydroxyl groups excluding tert-OH is 3. The Kier molecular flexibility index (Phi) is 6.02. The molecule has 1 aromatic carbocycles. The lowest BCUT2D eigenvalue weighted by Crippen LogP contribution is -2.26. The van der Waals surface area contributed by atoms with E-state index in [1.165, 1.54) is 11.8 Å². The molecule has 120 valence electrons. The Morgan fingerprint density at radius 3 is 2.45 bits per heavy atom. The lowest BCUT2D eigenvalue weighted by atomic mass is 9.93. The van der Waals surface area contributed by atoms with E-state index in [1.807, 2.05) is 24.7 Å². The Hall–Kier alpha value is -1.34. The molecule has 0 bridgehead atoms. The number of imidazole rings is 1. The molecule has 5 nitrogen and oxygen atoms in total. The fraction of sp³-hybridized carbons (Fsp3) is 0.438. The van der Waals surface area contributed by atoms with Crippen LogP contribution in [-0.2, 0) is 13.7 Å². The van der Waals surface area contributed by atoms with Gasteiger partial charge < -0.3 is 19.9 Å². The van der Waals surface area contributed by atoms with Crippen molar-refractivity contribution in [2.24, 2.45) is 13.0 Å². The number of aliphatic hydroxyl groups is 3. The normalized spacial score (nSPS) is 15.5. The second-order valence-corrected chi connectivity index (χ2v) is 6.39. The van der Waals surface area contributed by atoms with Crippen LogP contribution in [0.2, 0.25) is 0 Å². The molecule has 22 heavy (non-hydrogen) atoms. The summed E-state index contributed by atoms with van der Waals surface area (Å²) in [7, 11) is 1.91. The summed E-state index contributed by atoms with van der Waals surface area (Å²) in [5, 5.41) is 30.5. The summed E-state index contributed by atoms with van der Waals surface area (Å²) in [5.41, 5.74) is 1.54. The lowest BCUT2D eigenvalue weighted by Gasteiger charge is -2.24. The summed E-state index contributed by atoms with van der Waals surface area (Å²) < 4.78 is 1.89. The standard InChI is InChI=1S/C16H22N2O3S/c1-11(14(20)10-22-16-17-7-8-18(16)2)15(21)13-5-3-12(9-19)4-6-13/h3-8,11,14-15,19-21H,9-10H2,1-2H3/t11-,14+,15+/m0/s1. The van der Waals surface area contributed by atoms with Gasteiger partial charge in [0.2, 0.25) is 0 Å². The Morgan fingerprint density at radius 1 is 1.23 bits per heavy atom. The molecule has 2 aromatic rings. The van der Waals surface area contributed by atoms with Crippen molar-refractivity contribution in [3.63, 3.8) is 0 Å². The molecule has 1 heterocycles. The van der Waals surface area contributed by atoms with Gasteiger partial charge >= 0.3 is 0 Å². The van der Waals surface area contributed by atoms with E-state index in [9.17, 15) is 10.2 Å². The van der Waals surface area contributed by atoms with E-state index in [4.69, 9.17) is 5.11 Å². The molecule has 0 unspecified atom stereocenters. The summed E-state index contributed by atoms with van der Waals surface area (Å²) in [6.45, 7) is 1.81. The number of hydrogen-bond acceptors (Lipinski definition) is 5. The number of nitrogens with zero attached hydrogens (tertiary/aromatic N) is 2. The van der Waals surface area contributed by atoms with Crippen LogP contribution in [0.5, 0.6) is 0 Å². The predicted octanol–water partition coefficient (Wildman–Crippen LogP) is 1.74. The maximum atomic E-state index is 10.4. The molecule has 0 saturated carbocycles. The molecule has 0 aliphatic carbocycles. The third-order valence-corrected chi connectivity index (χ3v) is 4.93. The zero-order valence-electron chi connectivity index (χ0n) is 12.8. The van der Waals surface area contributed by atoms with E-state index < -0.39 is 12.2 Å². The van der Waals surface area contributed by atoms with Gasteiger partial charge in [-0.2, -0.15) is 0 Å². The Morgan fingerprint density at radius 2 is 1.91 bits per heavy atom. The largest absolute Gasteiger partial charge is 0.392 e. The van der Waals surface area contributed by atoms with Crippen LogP contribution in [0, 0.1) is 5.92 Å². The third-order valence-electron chi connectivity index (χ3n) is 3.77. The minimum atomic E-state index is -0.746.